The van der Waals surface area contributed by atoms with E-state index in [1.807, 2.05) is 9.80 Å². The minimum Gasteiger partial charge on any atom is -0.373 e. The van der Waals surface area contributed by atoms with Crippen molar-refractivity contribution in [2.24, 2.45) is 0 Å². The molecule has 2 amide bonds. The maximum Gasteiger partial charge on any atom is 0.416 e. The number of halogens is 4. The van der Waals surface area contributed by atoms with Crippen molar-refractivity contribution in [3.63, 3.8) is 0 Å². The number of nitrogens with zero attached hydrogens (tertiary/aromatic N) is 4. The highest BCUT2D eigenvalue weighted by molar-refractivity contribution is 5.76. The lowest BCUT2D eigenvalue weighted by Gasteiger charge is -2.40. The Labute approximate surface area is 188 Å². The smallest absolute Gasteiger partial charge is 0.373 e. The van der Waals surface area contributed by atoms with E-state index in [9.17, 15) is 22.4 Å². The molecule has 11 heteroatoms. The van der Waals surface area contributed by atoms with Gasteiger partial charge in [-0.2, -0.15) is 28.6 Å². The van der Waals surface area contributed by atoms with Crippen LogP contribution in [0.4, 0.5) is 22.4 Å². The molecular formula is C22H25F4N5O2. The number of benzene rings is 1. The molecule has 2 bridgehead atoms. The Bertz CT molecular complexity index is 985. The summed E-state index contributed by atoms with van der Waals surface area (Å²) in [6, 6.07) is 2.67. The second-order valence-corrected chi connectivity index (χ2v) is 9.11. The van der Waals surface area contributed by atoms with Crippen LogP contribution in [0.2, 0.25) is 0 Å². The molecule has 4 heterocycles. The molecule has 0 aliphatic carbocycles. The zero-order valence-corrected chi connectivity index (χ0v) is 17.9. The summed E-state index contributed by atoms with van der Waals surface area (Å²) >= 11 is 0. The van der Waals surface area contributed by atoms with Crippen molar-refractivity contribution in [2.75, 3.05) is 13.1 Å². The summed E-state index contributed by atoms with van der Waals surface area (Å²) in [6.07, 6.45) is 0.891. The summed E-state index contributed by atoms with van der Waals surface area (Å²) in [5.41, 5.74) is -0.0398. The van der Waals surface area contributed by atoms with Gasteiger partial charge in [0.1, 0.15) is 5.82 Å². The number of rotatable bonds is 4. The Morgan fingerprint density at radius 2 is 1.94 bits per heavy atom. The number of hydrogen-bond acceptors (Lipinski definition) is 4. The van der Waals surface area contributed by atoms with Crippen molar-refractivity contribution in [1.29, 1.82) is 0 Å². The highest BCUT2D eigenvalue weighted by Crippen LogP contribution is 2.39. The van der Waals surface area contributed by atoms with Crippen LogP contribution in [0.1, 0.15) is 54.8 Å². The van der Waals surface area contributed by atoms with Gasteiger partial charge in [-0.3, -0.25) is 0 Å². The topological polar surface area (TPSA) is 74.4 Å². The summed E-state index contributed by atoms with van der Waals surface area (Å²) in [5, 5.41) is 10.6. The van der Waals surface area contributed by atoms with Crippen LogP contribution in [0.3, 0.4) is 0 Å². The van der Waals surface area contributed by atoms with Crippen LogP contribution >= 0.6 is 0 Å². The maximum atomic E-state index is 14.1. The standard InChI is InChI=1S/C22H25F4N5O2/c23-19-7-15(22(24,25)26)2-1-14(19)12-33-18-8-16-3-4-17(9-18)31(16)21(32)30-6-5-13(11-30)20-10-27-29-28-20/h1-2,7,10,13,16-18H,3-6,8-9,11-12H2,(H,27,28,29)/t13-,16?,17?,18?/m0/s1. The quantitative estimate of drug-likeness (QED) is 0.688. The number of carbonyl (C=O) groups is 1. The van der Waals surface area contributed by atoms with Gasteiger partial charge in [-0.1, -0.05) is 6.07 Å². The molecule has 3 aliphatic heterocycles. The van der Waals surface area contributed by atoms with Crippen LogP contribution in [0, 0.1) is 5.82 Å². The van der Waals surface area contributed by atoms with Gasteiger partial charge in [-0.25, -0.2) is 9.18 Å². The number of aromatic nitrogens is 3. The Balaban J connectivity index is 1.17. The van der Waals surface area contributed by atoms with E-state index >= 15 is 0 Å². The number of ether oxygens (including phenoxy) is 1. The first-order valence-electron chi connectivity index (χ1n) is 11.2. The number of aromatic amines is 1. The Hall–Kier alpha value is -2.69. The molecule has 3 aliphatic rings. The van der Waals surface area contributed by atoms with Gasteiger partial charge >= 0.3 is 12.2 Å². The molecular weight excluding hydrogens is 442 g/mol. The molecule has 1 N–H and O–H groups in total. The van der Waals surface area contributed by atoms with Gasteiger partial charge in [0.2, 0.25) is 0 Å². The van der Waals surface area contributed by atoms with Gasteiger partial charge in [0.15, 0.2) is 0 Å². The number of urea groups is 1. The van der Waals surface area contributed by atoms with Crippen molar-refractivity contribution in [3.05, 3.63) is 47.0 Å². The molecule has 33 heavy (non-hydrogen) atoms. The van der Waals surface area contributed by atoms with Crippen LogP contribution in [-0.2, 0) is 17.5 Å². The summed E-state index contributed by atoms with van der Waals surface area (Å²) in [6.45, 7) is 1.21. The van der Waals surface area contributed by atoms with E-state index in [4.69, 9.17) is 4.74 Å². The fraction of sp³-hybridized carbons (Fsp3) is 0.591. The van der Waals surface area contributed by atoms with Crippen molar-refractivity contribution in [1.82, 2.24) is 25.2 Å². The van der Waals surface area contributed by atoms with E-state index in [0.29, 0.717) is 32.0 Å². The van der Waals surface area contributed by atoms with E-state index in [1.165, 1.54) is 0 Å². The molecule has 178 valence electrons. The average molecular weight is 467 g/mol. The number of alkyl halides is 3. The van der Waals surface area contributed by atoms with E-state index in [2.05, 4.69) is 15.4 Å². The molecule has 2 unspecified atom stereocenters. The van der Waals surface area contributed by atoms with Crippen molar-refractivity contribution in [2.45, 2.75) is 69.0 Å². The number of fused-ring (bicyclic) bond motifs is 2. The predicted molar refractivity (Wildman–Crippen MR) is 109 cm³/mol. The number of piperidine rings is 1. The molecule has 0 spiro atoms. The largest absolute Gasteiger partial charge is 0.416 e. The zero-order valence-electron chi connectivity index (χ0n) is 17.9. The van der Waals surface area contributed by atoms with Gasteiger partial charge in [-0.05, 0) is 44.2 Å². The lowest BCUT2D eigenvalue weighted by atomic mass is 10.00. The van der Waals surface area contributed by atoms with Gasteiger partial charge in [0.05, 0.1) is 30.2 Å². The van der Waals surface area contributed by atoms with E-state index < -0.39 is 17.6 Å². The van der Waals surface area contributed by atoms with Crippen molar-refractivity contribution >= 4 is 6.03 Å². The fourth-order valence-corrected chi connectivity index (χ4v) is 5.37. The number of carbonyl (C=O) groups excluding carboxylic acids is 1. The number of H-pyrrole nitrogens is 1. The first kappa shape index (κ1) is 22.1. The molecule has 2 aromatic rings. The second kappa shape index (κ2) is 8.58. The van der Waals surface area contributed by atoms with Crippen LogP contribution in [-0.4, -0.2) is 62.5 Å². The molecule has 1 aromatic carbocycles. The third kappa shape index (κ3) is 4.42. The molecule has 0 saturated carbocycles. The average Bonchev–Trinajstić information content (AvgIpc) is 3.51. The summed E-state index contributed by atoms with van der Waals surface area (Å²) in [4.78, 5) is 17.1. The van der Waals surface area contributed by atoms with E-state index in [0.717, 1.165) is 37.1 Å². The van der Waals surface area contributed by atoms with Crippen LogP contribution in [0.15, 0.2) is 24.4 Å². The molecule has 3 fully saturated rings. The first-order valence-corrected chi connectivity index (χ1v) is 11.2. The highest BCUT2D eigenvalue weighted by atomic mass is 19.4. The minimum absolute atomic E-state index is 0.0423. The zero-order chi connectivity index (χ0) is 23.2. The minimum atomic E-state index is -4.58. The van der Waals surface area contributed by atoms with Gasteiger partial charge in [-0.15, -0.1) is 0 Å². The van der Waals surface area contributed by atoms with E-state index in [1.54, 1.807) is 6.20 Å². The molecule has 3 atom stereocenters. The third-order valence-electron chi connectivity index (χ3n) is 7.08. The van der Waals surface area contributed by atoms with Gasteiger partial charge in [0.25, 0.3) is 0 Å². The predicted octanol–water partition coefficient (Wildman–Crippen LogP) is 4.08. The van der Waals surface area contributed by atoms with Gasteiger partial charge < -0.3 is 14.5 Å². The summed E-state index contributed by atoms with van der Waals surface area (Å²) in [5.74, 6) is -0.735. The SMILES string of the molecule is O=C(N1CC[C@H](c2cn[nH]n2)C1)N1C2CCC1CC(OCc1ccc(C(F)(F)F)cc1F)C2. The van der Waals surface area contributed by atoms with Crippen LogP contribution in [0.5, 0.6) is 0 Å². The molecule has 7 nitrogen and oxygen atoms in total. The Kier molecular flexibility index (Phi) is 5.75. The normalized spacial score (nSPS) is 27.4. The molecule has 3 saturated heterocycles. The first-order chi connectivity index (χ1) is 15.8. The highest BCUT2D eigenvalue weighted by Gasteiger charge is 2.46. The molecule has 0 radical (unpaired) electrons. The van der Waals surface area contributed by atoms with E-state index in [-0.39, 0.29) is 42.3 Å². The Morgan fingerprint density at radius 3 is 2.58 bits per heavy atom. The lowest BCUT2D eigenvalue weighted by molar-refractivity contribution is -0.137. The number of amides is 2. The fourth-order valence-electron chi connectivity index (χ4n) is 5.37. The summed E-state index contributed by atoms with van der Waals surface area (Å²) < 4.78 is 58.2. The summed E-state index contributed by atoms with van der Waals surface area (Å²) in [7, 11) is 0. The van der Waals surface area contributed by atoms with Crippen molar-refractivity contribution < 1.29 is 27.1 Å². The molecule has 1 aromatic heterocycles. The maximum absolute atomic E-state index is 14.1. The second-order valence-electron chi connectivity index (χ2n) is 9.11. The van der Waals surface area contributed by atoms with Crippen LogP contribution < -0.4 is 0 Å². The monoisotopic (exact) mass is 467 g/mol. The number of likely N-dealkylation sites (tertiary alicyclic amines) is 1. The van der Waals surface area contributed by atoms with Crippen LogP contribution in [0.25, 0.3) is 0 Å². The van der Waals surface area contributed by atoms with Gasteiger partial charge in [0, 0.05) is 36.7 Å². The number of nitrogens with one attached hydrogen (secondary N) is 1. The number of hydrogen-bond donors (Lipinski definition) is 1. The lowest BCUT2D eigenvalue weighted by Crippen LogP contribution is -2.53. The van der Waals surface area contributed by atoms with Crippen molar-refractivity contribution in [3.8, 4) is 0 Å². The molecule has 5 rings (SSSR count). The third-order valence-corrected chi connectivity index (χ3v) is 7.08. The Morgan fingerprint density at radius 1 is 1.18 bits per heavy atom.